The molecule has 2 aliphatic rings. The van der Waals surface area contributed by atoms with Crippen LogP contribution in [0, 0.1) is 0 Å². The molecule has 434 valence electrons. The van der Waals surface area contributed by atoms with Crippen LogP contribution in [0.1, 0.15) is 213 Å². The SMILES string of the molecule is CC/C=C\C/C=C\C/C=C\CCCCCCCC(=O)NC(COC1OC(CO)C(OC2OC(CO)C(O)C(O)C2O)C(O)C1O)C(O)/C=C/CC/C=C/CC/C=C/CCCCCCCCCCCCCCCCCC. The molecule has 9 N–H and O–H groups in total. The molecule has 75 heavy (non-hydrogen) atoms. The van der Waals surface area contributed by atoms with E-state index in [1.807, 2.05) is 6.08 Å². The largest absolute Gasteiger partial charge is 0.394 e. The monoisotopic (exact) mass is 1060 g/mol. The Morgan fingerprint density at radius 2 is 0.933 bits per heavy atom. The molecular weight excluding hydrogens is 955 g/mol. The molecule has 14 nitrogen and oxygen atoms in total. The Hall–Kier alpha value is -2.57. The highest BCUT2D eigenvalue weighted by Crippen LogP contribution is 2.30. The van der Waals surface area contributed by atoms with Gasteiger partial charge in [-0.15, -0.1) is 0 Å². The number of allylic oxidation sites excluding steroid dienone is 11. The number of amides is 1. The van der Waals surface area contributed by atoms with E-state index in [1.165, 1.54) is 103 Å². The van der Waals surface area contributed by atoms with Gasteiger partial charge in [-0.3, -0.25) is 4.79 Å². The highest BCUT2D eigenvalue weighted by atomic mass is 16.7. The van der Waals surface area contributed by atoms with Crippen LogP contribution in [-0.4, -0.2) is 140 Å². The number of ether oxygens (including phenoxy) is 4. The van der Waals surface area contributed by atoms with Gasteiger partial charge in [0.25, 0.3) is 0 Å². The summed E-state index contributed by atoms with van der Waals surface area (Å²) in [6, 6.07) is -0.951. The second kappa shape index (κ2) is 46.4. The molecule has 0 radical (unpaired) electrons. The number of carbonyl (C=O) groups is 1. The third-order valence-corrected chi connectivity index (χ3v) is 14.1. The Labute approximate surface area is 453 Å². The van der Waals surface area contributed by atoms with Gasteiger partial charge in [0, 0.05) is 6.42 Å². The van der Waals surface area contributed by atoms with Gasteiger partial charge in [-0.1, -0.05) is 202 Å². The van der Waals surface area contributed by atoms with Crippen molar-refractivity contribution in [3.63, 3.8) is 0 Å². The van der Waals surface area contributed by atoms with Crippen LogP contribution in [0.2, 0.25) is 0 Å². The summed E-state index contributed by atoms with van der Waals surface area (Å²) in [6.07, 6.45) is 43.8. The lowest BCUT2D eigenvalue weighted by atomic mass is 9.97. The molecule has 2 saturated heterocycles. The van der Waals surface area contributed by atoms with E-state index >= 15 is 0 Å². The lowest BCUT2D eigenvalue weighted by Gasteiger charge is -2.46. The second-order valence-corrected chi connectivity index (χ2v) is 20.7. The Morgan fingerprint density at radius 1 is 0.493 bits per heavy atom. The van der Waals surface area contributed by atoms with Gasteiger partial charge in [0.1, 0.15) is 48.8 Å². The maximum Gasteiger partial charge on any atom is 0.220 e. The van der Waals surface area contributed by atoms with E-state index in [1.54, 1.807) is 6.08 Å². The van der Waals surface area contributed by atoms with Crippen LogP contribution in [0.3, 0.4) is 0 Å². The van der Waals surface area contributed by atoms with E-state index in [4.69, 9.17) is 18.9 Å². The topological polar surface area (TPSA) is 228 Å². The maximum absolute atomic E-state index is 13.2. The molecule has 2 heterocycles. The predicted octanol–water partition coefficient (Wildman–Crippen LogP) is 9.94. The average molecular weight is 1060 g/mol. The van der Waals surface area contributed by atoms with E-state index in [2.05, 4.69) is 79.9 Å². The molecule has 1 amide bonds. The van der Waals surface area contributed by atoms with Gasteiger partial charge in [0.05, 0.1) is 32.0 Å². The third kappa shape index (κ3) is 32.2. The fourth-order valence-electron chi connectivity index (χ4n) is 9.34. The number of aliphatic hydroxyl groups is 8. The predicted molar refractivity (Wildman–Crippen MR) is 300 cm³/mol. The van der Waals surface area contributed by atoms with Crippen LogP contribution in [-0.2, 0) is 23.7 Å². The molecule has 12 atom stereocenters. The van der Waals surface area contributed by atoms with Crippen LogP contribution in [0.15, 0.2) is 72.9 Å². The lowest BCUT2D eigenvalue weighted by Crippen LogP contribution is -2.65. The maximum atomic E-state index is 13.2. The molecule has 0 spiro atoms. The van der Waals surface area contributed by atoms with Gasteiger partial charge < -0.3 is 65.1 Å². The summed E-state index contributed by atoms with van der Waals surface area (Å²) in [4.78, 5) is 13.2. The summed E-state index contributed by atoms with van der Waals surface area (Å²) >= 11 is 0. The Kier molecular flexibility index (Phi) is 42.4. The summed E-state index contributed by atoms with van der Waals surface area (Å²) in [5.41, 5.74) is 0. The van der Waals surface area contributed by atoms with Crippen molar-refractivity contribution in [1.82, 2.24) is 5.32 Å². The highest BCUT2D eigenvalue weighted by Gasteiger charge is 2.51. The van der Waals surface area contributed by atoms with Crippen molar-refractivity contribution in [1.29, 1.82) is 0 Å². The number of carbonyl (C=O) groups excluding carboxylic acids is 1. The number of nitrogens with one attached hydrogen (secondary N) is 1. The average Bonchev–Trinajstić information content (AvgIpc) is 3.41. The van der Waals surface area contributed by atoms with E-state index in [0.717, 1.165) is 77.0 Å². The van der Waals surface area contributed by atoms with Crippen LogP contribution in [0.25, 0.3) is 0 Å². The van der Waals surface area contributed by atoms with Crippen LogP contribution in [0.5, 0.6) is 0 Å². The highest BCUT2D eigenvalue weighted by molar-refractivity contribution is 5.76. The summed E-state index contributed by atoms with van der Waals surface area (Å²) in [6.45, 7) is 2.64. The molecule has 12 unspecified atom stereocenters. The summed E-state index contributed by atoms with van der Waals surface area (Å²) in [7, 11) is 0. The lowest BCUT2D eigenvalue weighted by molar-refractivity contribution is -0.359. The van der Waals surface area contributed by atoms with Crippen molar-refractivity contribution in [3.05, 3.63) is 72.9 Å². The summed E-state index contributed by atoms with van der Waals surface area (Å²) < 4.78 is 22.7. The second-order valence-electron chi connectivity index (χ2n) is 20.7. The van der Waals surface area contributed by atoms with Crippen molar-refractivity contribution < 1.29 is 64.6 Å². The summed E-state index contributed by atoms with van der Waals surface area (Å²) in [5.74, 6) is -0.273. The smallest absolute Gasteiger partial charge is 0.220 e. The van der Waals surface area contributed by atoms with Gasteiger partial charge in [-0.05, 0) is 77.0 Å². The molecule has 0 aliphatic carbocycles. The zero-order valence-electron chi connectivity index (χ0n) is 46.5. The van der Waals surface area contributed by atoms with Gasteiger partial charge in [-0.2, -0.15) is 0 Å². The van der Waals surface area contributed by atoms with Gasteiger partial charge in [-0.25, -0.2) is 0 Å². The fraction of sp³-hybridized carbons (Fsp3) is 0.787. The molecule has 0 aromatic rings. The van der Waals surface area contributed by atoms with E-state index < -0.39 is 86.8 Å². The number of aliphatic hydroxyl groups excluding tert-OH is 8. The van der Waals surface area contributed by atoms with Crippen LogP contribution >= 0.6 is 0 Å². The number of rotatable bonds is 46. The van der Waals surface area contributed by atoms with Crippen molar-refractivity contribution in [3.8, 4) is 0 Å². The minimum Gasteiger partial charge on any atom is -0.394 e. The molecule has 0 bridgehead atoms. The third-order valence-electron chi connectivity index (χ3n) is 14.1. The zero-order chi connectivity index (χ0) is 54.6. The molecule has 0 aromatic carbocycles. The Morgan fingerprint density at radius 3 is 1.47 bits per heavy atom. The first kappa shape index (κ1) is 68.5. The van der Waals surface area contributed by atoms with Crippen molar-refractivity contribution in [2.45, 2.75) is 286 Å². The number of hydrogen-bond donors (Lipinski definition) is 9. The molecule has 2 fully saturated rings. The van der Waals surface area contributed by atoms with Gasteiger partial charge >= 0.3 is 0 Å². The van der Waals surface area contributed by atoms with Crippen LogP contribution < -0.4 is 5.32 Å². The van der Waals surface area contributed by atoms with Crippen molar-refractivity contribution >= 4 is 5.91 Å². The van der Waals surface area contributed by atoms with E-state index in [0.29, 0.717) is 12.8 Å². The zero-order valence-corrected chi connectivity index (χ0v) is 46.5. The molecular formula is C61H107NO13. The Balaban J connectivity index is 1.78. The van der Waals surface area contributed by atoms with Gasteiger partial charge in [0.15, 0.2) is 12.6 Å². The van der Waals surface area contributed by atoms with Crippen molar-refractivity contribution in [2.75, 3.05) is 19.8 Å². The van der Waals surface area contributed by atoms with E-state index in [9.17, 15) is 45.6 Å². The summed E-state index contributed by atoms with van der Waals surface area (Å²) in [5, 5.41) is 87.0. The first-order chi connectivity index (χ1) is 36.6. The van der Waals surface area contributed by atoms with Gasteiger partial charge in [0.2, 0.25) is 5.91 Å². The van der Waals surface area contributed by atoms with Crippen molar-refractivity contribution in [2.24, 2.45) is 0 Å². The molecule has 0 aromatic heterocycles. The molecule has 0 saturated carbocycles. The number of unbranched alkanes of at least 4 members (excludes halogenated alkanes) is 23. The normalized spacial score (nSPS) is 25.6. The molecule has 14 heteroatoms. The minimum atomic E-state index is -1.80. The number of hydrogen-bond acceptors (Lipinski definition) is 13. The quantitative estimate of drug-likeness (QED) is 0.0205. The van der Waals surface area contributed by atoms with Crippen LogP contribution in [0.4, 0.5) is 0 Å². The minimum absolute atomic E-state index is 0.247. The first-order valence-electron chi connectivity index (χ1n) is 29.7. The standard InChI is InChI=1S/C61H107NO13/c1-3-5-7-9-11-13-15-17-19-20-21-22-23-24-25-26-27-28-29-31-32-34-36-38-40-42-44-50(65)49(62-53(66)45-43-41-39-37-35-33-30-18-16-14-12-10-8-6-4-2)48-72-60-58(71)56(69)59(52(47-64)74-60)75-61-57(70)55(68)54(67)51(46-63)73-61/h6,8,12,14,18,28-30,34,36,42,44,49-52,54-61,63-65,67-71H,3-5,7,9-11,13,15-17,19-27,31-33,35,37-41,43,45-48H2,1-2H3,(H,62,66)/b8-6-,14-12-,29-28+,30-18-,36-34+,44-42+. The fourth-order valence-corrected chi connectivity index (χ4v) is 9.34. The van der Waals surface area contributed by atoms with E-state index in [-0.39, 0.29) is 18.9 Å². The Bertz CT molecular complexity index is 1530. The molecule has 2 aliphatic heterocycles. The molecule has 2 rings (SSSR count). The first-order valence-corrected chi connectivity index (χ1v) is 29.7.